The molecule has 0 aliphatic rings. The molecule has 1 aromatic heterocycles. The number of rotatable bonds is 6. The van der Waals surface area contributed by atoms with E-state index in [-0.39, 0.29) is 12.0 Å². The minimum Gasteiger partial charge on any atom is -0.480 e. The quantitative estimate of drug-likeness (QED) is 0.551. The maximum absolute atomic E-state index is 12.0. The van der Waals surface area contributed by atoms with Crippen LogP contribution in [-0.4, -0.2) is 37.7 Å². The lowest BCUT2D eigenvalue weighted by Gasteiger charge is -2.23. The zero-order valence-corrected chi connectivity index (χ0v) is 12.4. The van der Waals surface area contributed by atoms with E-state index >= 15 is 0 Å². The summed E-state index contributed by atoms with van der Waals surface area (Å²) >= 11 is 0. The molecule has 0 spiro atoms. The Morgan fingerprint density at radius 1 is 1.17 bits per heavy atom. The van der Waals surface area contributed by atoms with E-state index in [1.807, 2.05) is 4.98 Å². The van der Waals surface area contributed by atoms with Gasteiger partial charge in [-0.3, -0.25) is 19.1 Å². The highest BCUT2D eigenvalue weighted by atomic mass is 16.4. The third-order valence-electron chi connectivity index (χ3n) is 3.58. The van der Waals surface area contributed by atoms with Crippen LogP contribution in [0.3, 0.4) is 0 Å². The van der Waals surface area contributed by atoms with Crippen molar-refractivity contribution in [3.05, 3.63) is 68.5 Å². The van der Waals surface area contributed by atoms with Gasteiger partial charge in [-0.1, -0.05) is 18.2 Å². The highest BCUT2D eigenvalue weighted by Gasteiger charge is 2.28. The van der Waals surface area contributed by atoms with Crippen molar-refractivity contribution >= 4 is 11.9 Å². The lowest BCUT2D eigenvalue weighted by Crippen LogP contribution is -2.45. The third kappa shape index (κ3) is 3.58. The van der Waals surface area contributed by atoms with Gasteiger partial charge in [-0.05, 0) is 18.1 Å². The van der Waals surface area contributed by atoms with Gasteiger partial charge in [-0.25, -0.2) is 9.59 Å². The Balaban J connectivity index is 2.53. The van der Waals surface area contributed by atoms with E-state index in [9.17, 15) is 29.4 Å². The molecule has 126 valence electrons. The monoisotopic (exact) mass is 333 g/mol. The lowest BCUT2D eigenvalue weighted by atomic mass is 9.96. The van der Waals surface area contributed by atoms with Gasteiger partial charge < -0.3 is 15.9 Å². The van der Waals surface area contributed by atoms with E-state index in [4.69, 9.17) is 5.73 Å². The van der Waals surface area contributed by atoms with Crippen molar-refractivity contribution < 1.29 is 19.8 Å². The van der Waals surface area contributed by atoms with Crippen LogP contribution in [0.2, 0.25) is 0 Å². The molecule has 24 heavy (non-hydrogen) atoms. The van der Waals surface area contributed by atoms with Gasteiger partial charge in [0, 0.05) is 12.3 Å². The number of H-pyrrole nitrogens is 1. The van der Waals surface area contributed by atoms with Crippen molar-refractivity contribution in [1.82, 2.24) is 9.55 Å². The molecule has 9 nitrogen and oxygen atoms in total. The first-order chi connectivity index (χ1) is 11.3. The Kier molecular flexibility index (Phi) is 4.95. The van der Waals surface area contributed by atoms with Crippen LogP contribution in [0.25, 0.3) is 0 Å². The third-order valence-corrected chi connectivity index (χ3v) is 3.58. The SMILES string of the molecule is NC(C(=O)O)[C@H](Cc1ccccc1C(=O)O)n1ccc(=O)[nH]c1=O. The molecule has 2 atom stereocenters. The van der Waals surface area contributed by atoms with Crippen molar-refractivity contribution in [3.63, 3.8) is 0 Å². The molecular weight excluding hydrogens is 318 g/mol. The number of aromatic nitrogens is 2. The van der Waals surface area contributed by atoms with Crippen molar-refractivity contribution in [1.29, 1.82) is 0 Å². The number of benzene rings is 1. The largest absolute Gasteiger partial charge is 0.480 e. The second-order valence-corrected chi connectivity index (χ2v) is 5.12. The van der Waals surface area contributed by atoms with Gasteiger partial charge >= 0.3 is 17.6 Å². The smallest absolute Gasteiger partial charge is 0.335 e. The van der Waals surface area contributed by atoms with Gasteiger partial charge in [0.25, 0.3) is 5.56 Å². The first-order valence-electron chi connectivity index (χ1n) is 6.92. The maximum Gasteiger partial charge on any atom is 0.335 e. The zero-order valence-electron chi connectivity index (χ0n) is 12.4. The predicted molar refractivity (Wildman–Crippen MR) is 83.1 cm³/mol. The number of aliphatic carboxylic acids is 1. The van der Waals surface area contributed by atoms with Crippen LogP contribution < -0.4 is 17.0 Å². The molecule has 1 unspecified atom stereocenters. The average molecular weight is 333 g/mol. The molecule has 1 aromatic carbocycles. The molecule has 1 heterocycles. The number of aromatic carboxylic acids is 1. The summed E-state index contributed by atoms with van der Waals surface area (Å²) in [6.45, 7) is 0. The molecule has 0 aliphatic heterocycles. The molecule has 0 radical (unpaired) electrons. The first kappa shape index (κ1) is 17.2. The molecule has 0 bridgehead atoms. The summed E-state index contributed by atoms with van der Waals surface area (Å²) in [4.78, 5) is 47.7. The Labute approximate surface area is 135 Å². The molecule has 2 aromatic rings. The number of nitrogens with one attached hydrogen (secondary N) is 1. The topological polar surface area (TPSA) is 155 Å². The molecule has 0 saturated carbocycles. The number of carboxylic acid groups (broad SMARTS) is 2. The second kappa shape index (κ2) is 6.92. The molecule has 0 saturated heterocycles. The summed E-state index contributed by atoms with van der Waals surface area (Å²) in [6, 6.07) is 4.53. The number of carbonyl (C=O) groups is 2. The number of nitrogens with two attached hydrogens (primary N) is 1. The molecular formula is C15H15N3O6. The highest BCUT2D eigenvalue weighted by molar-refractivity contribution is 5.89. The van der Waals surface area contributed by atoms with Gasteiger partial charge in [0.05, 0.1) is 11.6 Å². The minimum absolute atomic E-state index is 0.0161. The van der Waals surface area contributed by atoms with Gasteiger partial charge in [-0.15, -0.1) is 0 Å². The summed E-state index contributed by atoms with van der Waals surface area (Å²) < 4.78 is 0.985. The Hall–Kier alpha value is -3.20. The Bertz CT molecular complexity index is 885. The van der Waals surface area contributed by atoms with Gasteiger partial charge in [0.15, 0.2) is 0 Å². The minimum atomic E-state index is -1.48. The number of aromatic amines is 1. The number of hydrogen-bond donors (Lipinski definition) is 4. The van der Waals surface area contributed by atoms with Gasteiger partial charge in [0.2, 0.25) is 0 Å². The molecule has 2 rings (SSSR count). The average Bonchev–Trinajstić information content (AvgIpc) is 2.52. The van der Waals surface area contributed by atoms with Crippen LogP contribution in [0.4, 0.5) is 0 Å². The standard InChI is InChI=1S/C15H15N3O6/c16-12(14(22)23)10(18-6-5-11(19)17-15(18)24)7-8-3-1-2-4-9(8)13(20)21/h1-6,10,12H,7,16H2,(H,20,21)(H,22,23)(H,17,19,24)/t10-,12?/m0/s1. The van der Waals surface area contributed by atoms with E-state index in [1.54, 1.807) is 6.07 Å². The summed E-state index contributed by atoms with van der Waals surface area (Å²) in [5.74, 6) is -2.53. The molecule has 0 amide bonds. The zero-order chi connectivity index (χ0) is 17.9. The molecule has 0 aliphatic carbocycles. The Morgan fingerprint density at radius 2 is 1.83 bits per heavy atom. The van der Waals surface area contributed by atoms with E-state index < -0.39 is 35.3 Å². The van der Waals surface area contributed by atoms with E-state index in [2.05, 4.69) is 0 Å². The predicted octanol–water partition coefficient (Wildman–Crippen LogP) is -0.570. The van der Waals surface area contributed by atoms with Crippen molar-refractivity contribution in [3.8, 4) is 0 Å². The van der Waals surface area contributed by atoms with Crippen LogP contribution in [0.5, 0.6) is 0 Å². The van der Waals surface area contributed by atoms with E-state index in [0.29, 0.717) is 5.56 Å². The first-order valence-corrected chi connectivity index (χ1v) is 6.92. The van der Waals surface area contributed by atoms with Crippen molar-refractivity contribution in [2.24, 2.45) is 5.73 Å². The van der Waals surface area contributed by atoms with Crippen molar-refractivity contribution in [2.45, 2.75) is 18.5 Å². The van der Waals surface area contributed by atoms with E-state index in [1.165, 1.54) is 18.2 Å². The lowest BCUT2D eigenvalue weighted by molar-refractivity contribution is -0.139. The molecule has 9 heteroatoms. The fourth-order valence-corrected chi connectivity index (χ4v) is 2.38. The van der Waals surface area contributed by atoms with Crippen LogP contribution in [-0.2, 0) is 11.2 Å². The van der Waals surface area contributed by atoms with Crippen LogP contribution in [0.1, 0.15) is 22.0 Å². The summed E-state index contributed by atoms with van der Waals surface area (Å²) in [5, 5.41) is 18.4. The fourth-order valence-electron chi connectivity index (χ4n) is 2.38. The molecule has 5 N–H and O–H groups in total. The van der Waals surface area contributed by atoms with Crippen LogP contribution in [0.15, 0.2) is 46.1 Å². The molecule has 0 fully saturated rings. The highest BCUT2D eigenvalue weighted by Crippen LogP contribution is 2.19. The summed E-state index contributed by atoms with van der Waals surface area (Å²) in [7, 11) is 0. The normalized spacial score (nSPS) is 13.2. The second-order valence-electron chi connectivity index (χ2n) is 5.12. The Morgan fingerprint density at radius 3 is 2.42 bits per heavy atom. The fraction of sp³-hybridized carbons (Fsp3) is 0.200. The van der Waals surface area contributed by atoms with E-state index in [0.717, 1.165) is 16.8 Å². The van der Waals surface area contributed by atoms with Crippen molar-refractivity contribution in [2.75, 3.05) is 0 Å². The summed E-state index contributed by atoms with van der Waals surface area (Å²) in [6.07, 6.45) is 1.03. The number of hydrogen-bond acceptors (Lipinski definition) is 5. The van der Waals surface area contributed by atoms with Gasteiger partial charge in [-0.2, -0.15) is 0 Å². The number of carboxylic acids is 2. The number of nitrogens with zero attached hydrogens (tertiary/aromatic N) is 1. The van der Waals surface area contributed by atoms with Crippen LogP contribution in [0, 0.1) is 0 Å². The maximum atomic E-state index is 12.0. The summed E-state index contributed by atoms with van der Waals surface area (Å²) in [5.41, 5.74) is 4.53. The van der Waals surface area contributed by atoms with Gasteiger partial charge in [0.1, 0.15) is 6.04 Å². The van der Waals surface area contributed by atoms with Crippen LogP contribution >= 0.6 is 0 Å².